The van der Waals surface area contributed by atoms with E-state index in [2.05, 4.69) is 36.2 Å². The summed E-state index contributed by atoms with van der Waals surface area (Å²) in [5.41, 5.74) is 2.30. The van der Waals surface area contributed by atoms with Crippen molar-refractivity contribution in [2.75, 3.05) is 32.8 Å². The Morgan fingerprint density at radius 3 is 2.21 bits per heavy atom. The smallest absolute Gasteiger partial charge is 0.257 e. The third-order valence-electron chi connectivity index (χ3n) is 3.98. The summed E-state index contributed by atoms with van der Waals surface area (Å²) in [7, 11) is 0. The molecule has 0 bridgehead atoms. The van der Waals surface area contributed by atoms with Gasteiger partial charge in [-0.05, 0) is 36.3 Å². The first-order valence-corrected chi connectivity index (χ1v) is 8.50. The molecule has 1 N–H and O–H groups in total. The summed E-state index contributed by atoms with van der Waals surface area (Å²) < 4.78 is 5.54. The number of carbonyl (C=O) groups is 1. The zero-order valence-corrected chi connectivity index (χ0v) is 14.5. The van der Waals surface area contributed by atoms with E-state index in [-0.39, 0.29) is 12.5 Å². The molecule has 4 nitrogen and oxygen atoms in total. The molecule has 0 atom stereocenters. The molecular formula is C20H26N2O2. The highest BCUT2D eigenvalue weighted by atomic mass is 16.5. The molecule has 24 heavy (non-hydrogen) atoms. The molecule has 0 fully saturated rings. The Balaban J connectivity index is 1.75. The molecule has 0 unspecified atom stereocenters. The molecule has 1 amide bonds. The minimum Gasteiger partial charge on any atom is -0.484 e. The molecule has 0 saturated heterocycles. The van der Waals surface area contributed by atoms with Crippen molar-refractivity contribution in [2.45, 2.75) is 13.8 Å². The van der Waals surface area contributed by atoms with Crippen LogP contribution in [0.5, 0.6) is 5.75 Å². The number of benzene rings is 2. The summed E-state index contributed by atoms with van der Waals surface area (Å²) in [5, 5.41) is 2.88. The second-order valence-corrected chi connectivity index (χ2v) is 5.56. The lowest BCUT2D eigenvalue weighted by molar-refractivity contribution is -0.123. The number of likely N-dealkylation sites (N-methyl/N-ethyl adjacent to an activating group) is 1. The zero-order valence-electron chi connectivity index (χ0n) is 14.5. The van der Waals surface area contributed by atoms with Gasteiger partial charge in [-0.3, -0.25) is 4.79 Å². The first-order valence-electron chi connectivity index (χ1n) is 8.50. The van der Waals surface area contributed by atoms with E-state index in [1.54, 1.807) is 0 Å². The Morgan fingerprint density at radius 2 is 1.58 bits per heavy atom. The molecule has 128 valence electrons. The van der Waals surface area contributed by atoms with Gasteiger partial charge in [-0.25, -0.2) is 0 Å². The van der Waals surface area contributed by atoms with Crippen LogP contribution in [0.1, 0.15) is 13.8 Å². The molecule has 4 heteroatoms. The maximum absolute atomic E-state index is 11.8. The monoisotopic (exact) mass is 326 g/mol. The highest BCUT2D eigenvalue weighted by Gasteiger charge is 2.04. The predicted molar refractivity (Wildman–Crippen MR) is 98.2 cm³/mol. The summed E-state index contributed by atoms with van der Waals surface area (Å²) in [6.07, 6.45) is 0. The van der Waals surface area contributed by atoms with Crippen molar-refractivity contribution >= 4 is 5.91 Å². The third kappa shape index (κ3) is 5.70. The normalized spacial score (nSPS) is 10.6. The van der Waals surface area contributed by atoms with Gasteiger partial charge in [0.25, 0.3) is 5.91 Å². The van der Waals surface area contributed by atoms with Gasteiger partial charge in [0.2, 0.25) is 0 Å². The van der Waals surface area contributed by atoms with Crippen molar-refractivity contribution in [1.82, 2.24) is 10.2 Å². The Labute approximate surface area is 144 Å². The first-order chi connectivity index (χ1) is 11.7. The van der Waals surface area contributed by atoms with Crippen LogP contribution in [-0.4, -0.2) is 43.6 Å². The van der Waals surface area contributed by atoms with Gasteiger partial charge in [0.05, 0.1) is 0 Å². The Bertz CT molecular complexity index is 607. The topological polar surface area (TPSA) is 41.6 Å². The zero-order chi connectivity index (χ0) is 17.2. The molecule has 0 aliphatic rings. The second-order valence-electron chi connectivity index (χ2n) is 5.56. The van der Waals surface area contributed by atoms with Crippen LogP contribution in [0.25, 0.3) is 11.1 Å². The number of nitrogens with zero attached hydrogens (tertiary/aromatic N) is 1. The summed E-state index contributed by atoms with van der Waals surface area (Å²) in [6.45, 7) is 7.79. The van der Waals surface area contributed by atoms with Crippen LogP contribution in [0.2, 0.25) is 0 Å². The number of hydrogen-bond acceptors (Lipinski definition) is 3. The summed E-state index contributed by atoms with van der Waals surface area (Å²) in [4.78, 5) is 14.1. The van der Waals surface area contributed by atoms with E-state index >= 15 is 0 Å². The minimum atomic E-state index is -0.0886. The molecule has 0 aliphatic heterocycles. The van der Waals surface area contributed by atoms with Gasteiger partial charge < -0.3 is 15.0 Å². The van der Waals surface area contributed by atoms with Gasteiger partial charge in [-0.2, -0.15) is 0 Å². The highest BCUT2D eigenvalue weighted by molar-refractivity contribution is 5.77. The number of ether oxygens (including phenoxy) is 1. The van der Waals surface area contributed by atoms with Gasteiger partial charge in [0, 0.05) is 13.1 Å². The van der Waals surface area contributed by atoms with Crippen LogP contribution in [0, 0.1) is 0 Å². The molecule has 0 aliphatic carbocycles. The molecule has 2 rings (SSSR count). The standard InChI is InChI=1S/C20H26N2O2/c1-3-22(4-2)15-14-21-20(23)16-24-19-12-10-18(11-13-19)17-8-6-5-7-9-17/h5-13H,3-4,14-16H2,1-2H3,(H,21,23). The molecule has 0 spiro atoms. The summed E-state index contributed by atoms with van der Waals surface area (Å²) in [6, 6.07) is 18.0. The van der Waals surface area contributed by atoms with Crippen LogP contribution in [0.15, 0.2) is 54.6 Å². The van der Waals surface area contributed by atoms with E-state index in [1.165, 1.54) is 0 Å². The quantitative estimate of drug-likeness (QED) is 0.769. The predicted octanol–water partition coefficient (Wildman–Crippen LogP) is 3.19. The molecule has 0 aromatic heterocycles. The van der Waals surface area contributed by atoms with E-state index in [0.29, 0.717) is 12.3 Å². The molecule has 0 heterocycles. The lowest BCUT2D eigenvalue weighted by atomic mass is 10.1. The molecular weight excluding hydrogens is 300 g/mol. The number of amides is 1. The van der Waals surface area contributed by atoms with Crippen molar-refractivity contribution in [3.63, 3.8) is 0 Å². The van der Waals surface area contributed by atoms with Crippen molar-refractivity contribution in [2.24, 2.45) is 0 Å². The molecule has 2 aromatic carbocycles. The van der Waals surface area contributed by atoms with Crippen LogP contribution in [-0.2, 0) is 4.79 Å². The fourth-order valence-corrected chi connectivity index (χ4v) is 2.47. The van der Waals surface area contributed by atoms with Crippen molar-refractivity contribution in [3.05, 3.63) is 54.6 Å². The van der Waals surface area contributed by atoms with E-state index in [1.807, 2.05) is 42.5 Å². The maximum atomic E-state index is 11.8. The lowest BCUT2D eigenvalue weighted by Gasteiger charge is -2.18. The molecule has 2 aromatic rings. The minimum absolute atomic E-state index is 0.0446. The van der Waals surface area contributed by atoms with E-state index in [9.17, 15) is 4.79 Å². The van der Waals surface area contributed by atoms with E-state index in [4.69, 9.17) is 4.74 Å². The number of hydrogen-bond donors (Lipinski definition) is 1. The Morgan fingerprint density at radius 1 is 0.958 bits per heavy atom. The number of nitrogens with one attached hydrogen (secondary N) is 1. The molecule has 0 radical (unpaired) electrons. The van der Waals surface area contributed by atoms with Crippen LogP contribution in [0.3, 0.4) is 0 Å². The number of carbonyl (C=O) groups excluding carboxylic acids is 1. The van der Waals surface area contributed by atoms with Crippen LogP contribution < -0.4 is 10.1 Å². The second kappa shape index (κ2) is 9.73. The van der Waals surface area contributed by atoms with Gasteiger partial charge in [-0.1, -0.05) is 56.3 Å². The average Bonchev–Trinajstić information content (AvgIpc) is 2.65. The van der Waals surface area contributed by atoms with Gasteiger partial charge in [0.15, 0.2) is 6.61 Å². The summed E-state index contributed by atoms with van der Waals surface area (Å²) in [5.74, 6) is 0.614. The van der Waals surface area contributed by atoms with E-state index in [0.717, 1.165) is 30.8 Å². The SMILES string of the molecule is CCN(CC)CCNC(=O)COc1ccc(-c2ccccc2)cc1. The summed E-state index contributed by atoms with van der Waals surface area (Å²) >= 11 is 0. The van der Waals surface area contributed by atoms with Crippen LogP contribution >= 0.6 is 0 Å². The van der Waals surface area contributed by atoms with Crippen molar-refractivity contribution in [1.29, 1.82) is 0 Å². The third-order valence-corrected chi connectivity index (χ3v) is 3.98. The number of rotatable bonds is 9. The van der Waals surface area contributed by atoms with Crippen LogP contribution in [0.4, 0.5) is 0 Å². The highest BCUT2D eigenvalue weighted by Crippen LogP contribution is 2.21. The van der Waals surface area contributed by atoms with Gasteiger partial charge >= 0.3 is 0 Å². The Hall–Kier alpha value is -2.33. The van der Waals surface area contributed by atoms with Gasteiger partial charge in [0.1, 0.15) is 5.75 Å². The van der Waals surface area contributed by atoms with Gasteiger partial charge in [-0.15, -0.1) is 0 Å². The maximum Gasteiger partial charge on any atom is 0.257 e. The van der Waals surface area contributed by atoms with E-state index < -0.39 is 0 Å². The average molecular weight is 326 g/mol. The van der Waals surface area contributed by atoms with Crippen molar-refractivity contribution < 1.29 is 9.53 Å². The fourth-order valence-electron chi connectivity index (χ4n) is 2.47. The lowest BCUT2D eigenvalue weighted by Crippen LogP contribution is -2.36. The van der Waals surface area contributed by atoms with Crippen molar-refractivity contribution in [3.8, 4) is 16.9 Å². The first kappa shape index (κ1) is 18.0. The largest absolute Gasteiger partial charge is 0.484 e. The molecule has 0 saturated carbocycles. The fraction of sp³-hybridized carbons (Fsp3) is 0.350. The Kier molecular flexibility index (Phi) is 7.30.